The Hall–Kier alpha value is -3.18. The molecule has 0 saturated heterocycles. The Morgan fingerprint density at radius 3 is 2.40 bits per heavy atom. The molecule has 1 aromatic heterocycles. The van der Waals surface area contributed by atoms with Crippen molar-refractivity contribution >= 4 is 21.8 Å². The van der Waals surface area contributed by atoms with Crippen LogP contribution in [0.5, 0.6) is 0 Å². The molecule has 2 heterocycles. The molecule has 1 aliphatic rings. The first-order valence-electron chi connectivity index (χ1n) is 9.96. The Bertz CT molecular complexity index is 1190. The Kier molecular flexibility index (Phi) is 4.97. The third-order valence-electron chi connectivity index (χ3n) is 5.56. The Labute approximate surface area is 183 Å². The number of hydrogen-bond acceptors (Lipinski definition) is 2. The van der Waals surface area contributed by atoms with E-state index in [0.29, 0.717) is 12.2 Å². The summed E-state index contributed by atoms with van der Waals surface area (Å²) in [7, 11) is 0. The first-order chi connectivity index (χ1) is 14.7. The van der Waals surface area contributed by atoms with Gasteiger partial charge in [0.1, 0.15) is 5.69 Å². The second kappa shape index (κ2) is 7.92. The number of fused-ring (bicyclic) bond motifs is 1. The number of rotatable bonds is 5. The van der Waals surface area contributed by atoms with E-state index < -0.39 is 0 Å². The second-order valence-corrected chi connectivity index (χ2v) is 8.33. The molecule has 1 atom stereocenters. The van der Waals surface area contributed by atoms with E-state index in [0.717, 1.165) is 33.3 Å². The molecule has 0 radical (unpaired) electrons. The van der Waals surface area contributed by atoms with Gasteiger partial charge in [0.2, 0.25) is 0 Å². The van der Waals surface area contributed by atoms with Crippen molar-refractivity contribution in [2.45, 2.75) is 12.5 Å². The fraction of sp³-hybridized carbons (Fsp3) is 0.120. The summed E-state index contributed by atoms with van der Waals surface area (Å²) in [6, 6.07) is 28.3. The Morgan fingerprint density at radius 2 is 1.67 bits per heavy atom. The largest absolute Gasteiger partial charge is 0.326 e. The summed E-state index contributed by atoms with van der Waals surface area (Å²) >= 11 is 3.59. The van der Waals surface area contributed by atoms with Gasteiger partial charge >= 0.3 is 0 Å². The topological polar surface area (TPSA) is 49.0 Å². The van der Waals surface area contributed by atoms with Crippen molar-refractivity contribution < 1.29 is 4.79 Å². The van der Waals surface area contributed by atoms with Crippen LogP contribution in [0, 0.1) is 0 Å². The second-order valence-electron chi connectivity index (χ2n) is 7.42. The van der Waals surface area contributed by atoms with Crippen molar-refractivity contribution in [1.82, 2.24) is 15.1 Å². The highest BCUT2D eigenvalue weighted by Crippen LogP contribution is 2.43. The van der Waals surface area contributed by atoms with Crippen LogP contribution in [-0.2, 0) is 6.42 Å². The third-order valence-corrected chi connectivity index (χ3v) is 6.05. The zero-order valence-electron chi connectivity index (χ0n) is 16.3. The Balaban J connectivity index is 1.59. The first-order valence-corrected chi connectivity index (χ1v) is 10.8. The predicted octanol–water partition coefficient (Wildman–Crippen LogP) is 5.63. The van der Waals surface area contributed by atoms with Gasteiger partial charge < -0.3 is 4.90 Å². The van der Waals surface area contributed by atoms with Crippen LogP contribution in [-0.4, -0.2) is 27.5 Å². The number of aromatic amines is 1. The van der Waals surface area contributed by atoms with Crippen LogP contribution in [0.25, 0.3) is 11.3 Å². The van der Waals surface area contributed by atoms with Crippen LogP contribution < -0.4 is 0 Å². The maximum absolute atomic E-state index is 13.4. The van der Waals surface area contributed by atoms with Gasteiger partial charge in [-0.1, -0.05) is 88.7 Å². The highest BCUT2D eigenvalue weighted by atomic mass is 79.9. The van der Waals surface area contributed by atoms with Crippen LogP contribution in [0.1, 0.15) is 33.2 Å². The lowest BCUT2D eigenvalue weighted by atomic mass is 9.96. The summed E-state index contributed by atoms with van der Waals surface area (Å²) in [5.74, 6) is 0.000544. The van der Waals surface area contributed by atoms with E-state index in [1.54, 1.807) is 0 Å². The van der Waals surface area contributed by atoms with Crippen molar-refractivity contribution in [1.29, 1.82) is 0 Å². The third kappa shape index (κ3) is 3.35. The molecule has 0 bridgehead atoms. The lowest BCUT2D eigenvalue weighted by Crippen LogP contribution is -2.31. The summed E-state index contributed by atoms with van der Waals surface area (Å²) in [5.41, 5.74) is 5.68. The number of hydrogen-bond donors (Lipinski definition) is 1. The number of halogens is 1. The van der Waals surface area contributed by atoms with E-state index in [4.69, 9.17) is 0 Å². The number of H-pyrrole nitrogens is 1. The maximum Gasteiger partial charge on any atom is 0.273 e. The van der Waals surface area contributed by atoms with Gasteiger partial charge in [0.05, 0.1) is 11.7 Å². The van der Waals surface area contributed by atoms with Crippen LogP contribution in [0.15, 0.2) is 89.4 Å². The molecule has 1 N–H and O–H groups in total. The van der Waals surface area contributed by atoms with E-state index in [-0.39, 0.29) is 11.9 Å². The van der Waals surface area contributed by atoms with Gasteiger partial charge in [0, 0.05) is 22.1 Å². The quantitative estimate of drug-likeness (QED) is 0.422. The molecule has 3 aromatic carbocycles. The predicted molar refractivity (Wildman–Crippen MR) is 121 cm³/mol. The molecule has 5 heteroatoms. The summed E-state index contributed by atoms with van der Waals surface area (Å²) < 4.78 is 0.994. The fourth-order valence-electron chi connectivity index (χ4n) is 4.16. The van der Waals surface area contributed by atoms with Crippen molar-refractivity contribution in [3.05, 3.63) is 112 Å². The number of amides is 1. The number of nitrogens with one attached hydrogen (secondary N) is 1. The molecular formula is C25H20BrN3O. The van der Waals surface area contributed by atoms with E-state index in [1.807, 2.05) is 65.6 Å². The number of nitrogens with zero attached hydrogens (tertiary/aromatic N) is 2. The molecule has 1 amide bonds. The molecule has 5 rings (SSSR count). The highest BCUT2D eigenvalue weighted by molar-refractivity contribution is 9.10. The molecule has 1 aliphatic heterocycles. The van der Waals surface area contributed by atoms with Gasteiger partial charge in [0.25, 0.3) is 5.91 Å². The van der Waals surface area contributed by atoms with E-state index in [9.17, 15) is 4.79 Å². The minimum Gasteiger partial charge on any atom is -0.326 e. The average Bonchev–Trinajstić information content (AvgIpc) is 3.32. The van der Waals surface area contributed by atoms with Crippen LogP contribution >= 0.6 is 15.9 Å². The molecule has 0 fully saturated rings. The maximum atomic E-state index is 13.4. The molecular weight excluding hydrogens is 438 g/mol. The van der Waals surface area contributed by atoms with E-state index in [2.05, 4.69) is 50.4 Å². The number of aromatic nitrogens is 2. The summed E-state index contributed by atoms with van der Waals surface area (Å²) in [4.78, 5) is 15.3. The molecule has 30 heavy (non-hydrogen) atoms. The van der Waals surface area contributed by atoms with Gasteiger partial charge in [0.15, 0.2) is 0 Å². The van der Waals surface area contributed by atoms with Gasteiger partial charge in [-0.3, -0.25) is 9.89 Å². The lowest BCUT2D eigenvalue weighted by molar-refractivity contribution is 0.0746. The molecule has 0 spiro atoms. The molecule has 0 aliphatic carbocycles. The van der Waals surface area contributed by atoms with Crippen molar-refractivity contribution in [2.24, 2.45) is 0 Å². The zero-order chi connectivity index (χ0) is 20.5. The number of benzene rings is 3. The fourth-order valence-corrected chi connectivity index (χ4v) is 4.58. The van der Waals surface area contributed by atoms with Gasteiger partial charge in [-0.2, -0.15) is 5.10 Å². The van der Waals surface area contributed by atoms with Gasteiger partial charge in [-0.15, -0.1) is 0 Å². The van der Waals surface area contributed by atoms with Crippen molar-refractivity contribution in [3.8, 4) is 11.3 Å². The summed E-state index contributed by atoms with van der Waals surface area (Å²) in [6.07, 6.45) is 0.801. The molecule has 4 nitrogen and oxygen atoms in total. The molecule has 4 aromatic rings. The Morgan fingerprint density at radius 1 is 0.933 bits per heavy atom. The minimum absolute atomic E-state index is 0.000544. The molecule has 148 valence electrons. The zero-order valence-corrected chi connectivity index (χ0v) is 17.8. The number of carbonyl (C=O) groups is 1. The van der Waals surface area contributed by atoms with Crippen LogP contribution in [0.3, 0.4) is 0 Å². The van der Waals surface area contributed by atoms with Crippen LogP contribution in [0.4, 0.5) is 0 Å². The molecule has 0 saturated carbocycles. The number of carbonyl (C=O) groups excluding carboxylic acids is 1. The molecule has 1 unspecified atom stereocenters. The normalized spacial score (nSPS) is 15.4. The SMILES string of the molecule is O=C1c2[nH]nc(-c3ccccc3)c2C(c2cccc(Br)c2)N1CCc1ccccc1. The van der Waals surface area contributed by atoms with Crippen molar-refractivity contribution in [3.63, 3.8) is 0 Å². The van der Waals surface area contributed by atoms with Gasteiger partial charge in [-0.05, 0) is 29.7 Å². The first kappa shape index (κ1) is 18.8. The minimum atomic E-state index is -0.178. The lowest BCUT2D eigenvalue weighted by Gasteiger charge is -2.26. The highest BCUT2D eigenvalue weighted by Gasteiger charge is 2.41. The average molecular weight is 458 g/mol. The standard InChI is InChI=1S/C25H20BrN3O/c26-20-13-7-12-19(16-20)24-21-22(18-10-5-2-6-11-18)27-28-23(21)25(30)29(24)15-14-17-8-3-1-4-9-17/h1-13,16,24H,14-15H2,(H,27,28). The van der Waals surface area contributed by atoms with E-state index in [1.165, 1.54) is 5.56 Å². The smallest absolute Gasteiger partial charge is 0.273 e. The van der Waals surface area contributed by atoms with Crippen molar-refractivity contribution in [2.75, 3.05) is 6.54 Å². The van der Waals surface area contributed by atoms with Crippen LogP contribution in [0.2, 0.25) is 0 Å². The summed E-state index contributed by atoms with van der Waals surface area (Å²) in [5, 5.41) is 7.55. The monoisotopic (exact) mass is 457 g/mol. The van der Waals surface area contributed by atoms with Gasteiger partial charge in [-0.25, -0.2) is 0 Å². The van der Waals surface area contributed by atoms with E-state index >= 15 is 0 Å². The summed E-state index contributed by atoms with van der Waals surface area (Å²) in [6.45, 7) is 0.636.